The Kier molecular flexibility index (Phi) is 3.20. The van der Waals surface area contributed by atoms with Gasteiger partial charge in [0.25, 0.3) is 0 Å². The van der Waals surface area contributed by atoms with Gasteiger partial charge >= 0.3 is 0 Å². The molecule has 0 N–H and O–H groups in total. The van der Waals surface area contributed by atoms with E-state index in [4.69, 9.17) is 0 Å². The summed E-state index contributed by atoms with van der Waals surface area (Å²) in [4.78, 5) is 2.18. The molecular weight excluding hydrogens is 227 g/mol. The Balaban J connectivity index is 2.44. The first-order chi connectivity index (χ1) is 8.31. The second-order valence-electron chi connectivity index (χ2n) is 5.81. The minimum Gasteiger partial charge on any atom is -0.346 e. The van der Waals surface area contributed by atoms with Gasteiger partial charge in [0, 0.05) is 23.7 Å². The number of aromatic nitrogens is 1. The first kappa shape index (κ1) is 13.1. The van der Waals surface area contributed by atoms with Gasteiger partial charge in [0.05, 0.1) is 5.52 Å². The largest absolute Gasteiger partial charge is 0.346 e. The molecule has 3 heteroatoms. The van der Waals surface area contributed by atoms with E-state index in [9.17, 15) is 4.39 Å². The van der Waals surface area contributed by atoms with E-state index in [1.54, 1.807) is 13.0 Å². The van der Waals surface area contributed by atoms with Crippen LogP contribution in [-0.2, 0) is 6.54 Å². The van der Waals surface area contributed by atoms with Crippen molar-refractivity contribution in [1.29, 1.82) is 0 Å². The third-order valence-electron chi connectivity index (χ3n) is 3.82. The molecule has 0 aliphatic heterocycles. The molecular formula is C15H21FN2. The van der Waals surface area contributed by atoms with Crippen LogP contribution in [-0.4, -0.2) is 29.1 Å². The number of hydrogen-bond donors (Lipinski definition) is 0. The van der Waals surface area contributed by atoms with Crippen LogP contribution >= 0.6 is 0 Å². The monoisotopic (exact) mass is 248 g/mol. The molecule has 2 aromatic rings. The van der Waals surface area contributed by atoms with Crippen molar-refractivity contribution >= 4 is 10.9 Å². The van der Waals surface area contributed by atoms with Crippen molar-refractivity contribution in [2.75, 3.05) is 14.1 Å². The molecule has 0 aliphatic carbocycles. The summed E-state index contributed by atoms with van der Waals surface area (Å²) in [6.07, 6.45) is 2.04. The molecule has 98 valence electrons. The number of hydrogen-bond acceptors (Lipinski definition) is 1. The number of fused-ring (bicyclic) bond motifs is 1. The van der Waals surface area contributed by atoms with E-state index in [1.807, 2.05) is 18.3 Å². The summed E-state index contributed by atoms with van der Waals surface area (Å²) in [7, 11) is 4.13. The van der Waals surface area contributed by atoms with Gasteiger partial charge in [-0.15, -0.1) is 0 Å². The maximum Gasteiger partial charge on any atom is 0.128 e. The van der Waals surface area contributed by atoms with Crippen LogP contribution in [0.2, 0.25) is 0 Å². The zero-order valence-corrected chi connectivity index (χ0v) is 11.8. The summed E-state index contributed by atoms with van der Waals surface area (Å²) >= 11 is 0. The molecule has 2 nitrogen and oxygen atoms in total. The van der Waals surface area contributed by atoms with Crippen LogP contribution < -0.4 is 0 Å². The molecule has 18 heavy (non-hydrogen) atoms. The molecule has 1 heterocycles. The van der Waals surface area contributed by atoms with Gasteiger partial charge in [-0.1, -0.05) is 0 Å². The van der Waals surface area contributed by atoms with Crippen molar-refractivity contribution in [3.8, 4) is 0 Å². The number of aryl methyl sites for hydroxylation is 1. The van der Waals surface area contributed by atoms with Crippen molar-refractivity contribution in [1.82, 2.24) is 9.47 Å². The molecule has 0 bridgehead atoms. The van der Waals surface area contributed by atoms with Crippen LogP contribution in [0.5, 0.6) is 0 Å². The van der Waals surface area contributed by atoms with Gasteiger partial charge in [-0.2, -0.15) is 0 Å². The van der Waals surface area contributed by atoms with Crippen molar-refractivity contribution in [2.24, 2.45) is 0 Å². The van der Waals surface area contributed by atoms with Crippen LogP contribution in [0.1, 0.15) is 19.4 Å². The fourth-order valence-corrected chi connectivity index (χ4v) is 2.02. The average molecular weight is 248 g/mol. The van der Waals surface area contributed by atoms with Crippen molar-refractivity contribution in [2.45, 2.75) is 32.9 Å². The Morgan fingerprint density at radius 1 is 1.28 bits per heavy atom. The van der Waals surface area contributed by atoms with E-state index in [0.29, 0.717) is 5.56 Å². The van der Waals surface area contributed by atoms with Crippen LogP contribution in [0, 0.1) is 12.7 Å². The van der Waals surface area contributed by atoms with Gasteiger partial charge in [-0.25, -0.2) is 4.39 Å². The Morgan fingerprint density at radius 3 is 2.56 bits per heavy atom. The number of rotatable bonds is 3. The molecule has 1 aromatic heterocycles. The van der Waals surface area contributed by atoms with Crippen molar-refractivity contribution in [3.05, 3.63) is 35.8 Å². The first-order valence-corrected chi connectivity index (χ1v) is 6.24. The molecule has 0 unspecified atom stereocenters. The minimum atomic E-state index is -0.134. The van der Waals surface area contributed by atoms with Crippen LogP contribution in [0.3, 0.4) is 0 Å². The zero-order chi connectivity index (χ0) is 13.5. The second-order valence-corrected chi connectivity index (χ2v) is 5.81. The summed E-state index contributed by atoms with van der Waals surface area (Å²) < 4.78 is 15.8. The summed E-state index contributed by atoms with van der Waals surface area (Å²) in [6, 6.07) is 5.59. The second kappa shape index (κ2) is 4.39. The van der Waals surface area contributed by atoms with Gasteiger partial charge in [0.2, 0.25) is 0 Å². The normalized spacial score (nSPS) is 12.6. The highest BCUT2D eigenvalue weighted by molar-refractivity contribution is 5.81. The number of nitrogens with zero attached hydrogens (tertiary/aromatic N) is 2. The topological polar surface area (TPSA) is 8.17 Å². The van der Waals surface area contributed by atoms with Crippen molar-refractivity contribution < 1.29 is 4.39 Å². The van der Waals surface area contributed by atoms with E-state index in [1.165, 1.54) is 0 Å². The highest BCUT2D eigenvalue weighted by atomic mass is 19.1. The van der Waals surface area contributed by atoms with Gasteiger partial charge in [-0.05, 0) is 58.6 Å². The maximum atomic E-state index is 13.7. The molecule has 0 aliphatic rings. The molecule has 0 atom stereocenters. The highest BCUT2D eigenvalue weighted by Gasteiger charge is 2.21. The average Bonchev–Trinajstić information content (AvgIpc) is 2.61. The van der Waals surface area contributed by atoms with Gasteiger partial charge in [-0.3, -0.25) is 0 Å². The maximum absolute atomic E-state index is 13.7. The first-order valence-electron chi connectivity index (χ1n) is 6.24. The number of benzene rings is 1. The van der Waals surface area contributed by atoms with Crippen LogP contribution in [0.15, 0.2) is 24.4 Å². The van der Waals surface area contributed by atoms with Crippen LogP contribution in [0.4, 0.5) is 4.39 Å². The summed E-state index contributed by atoms with van der Waals surface area (Å²) in [5.74, 6) is -0.134. The molecule has 0 fully saturated rings. The lowest BCUT2D eigenvalue weighted by Crippen LogP contribution is -2.41. The summed E-state index contributed by atoms with van der Waals surface area (Å²) in [5, 5.41) is 1.10. The van der Waals surface area contributed by atoms with Crippen LogP contribution in [0.25, 0.3) is 10.9 Å². The lowest BCUT2D eigenvalue weighted by Gasteiger charge is -2.33. The van der Waals surface area contributed by atoms with Gasteiger partial charge < -0.3 is 9.47 Å². The third kappa shape index (κ3) is 2.27. The predicted molar refractivity (Wildman–Crippen MR) is 74.4 cm³/mol. The molecule has 0 saturated heterocycles. The Morgan fingerprint density at radius 2 is 1.94 bits per heavy atom. The van der Waals surface area contributed by atoms with E-state index >= 15 is 0 Å². The van der Waals surface area contributed by atoms with E-state index in [0.717, 1.165) is 17.4 Å². The van der Waals surface area contributed by atoms with E-state index in [2.05, 4.69) is 37.4 Å². The Hall–Kier alpha value is -1.35. The predicted octanol–water partition coefficient (Wildman–Crippen LogP) is 3.43. The fraction of sp³-hybridized carbons (Fsp3) is 0.467. The third-order valence-corrected chi connectivity index (χ3v) is 3.82. The molecule has 0 radical (unpaired) electrons. The standard InChI is InChI=1S/C15H21FN2/c1-11-8-12-6-7-18(14(12)9-13(11)16)10-15(2,3)17(4)5/h6-9H,10H2,1-5H3. The summed E-state index contributed by atoms with van der Waals surface area (Å²) in [6.45, 7) is 7.01. The SMILES string of the molecule is Cc1cc2ccn(CC(C)(C)N(C)C)c2cc1F. The van der Waals surface area contributed by atoms with Gasteiger partial charge in [0.15, 0.2) is 0 Å². The number of likely N-dealkylation sites (N-methyl/N-ethyl adjacent to an activating group) is 1. The van der Waals surface area contributed by atoms with Gasteiger partial charge in [0.1, 0.15) is 5.82 Å². The lowest BCUT2D eigenvalue weighted by atomic mass is 10.0. The Bertz CT molecular complexity index is 567. The Labute approximate surface area is 108 Å². The molecule has 0 saturated carbocycles. The zero-order valence-electron chi connectivity index (χ0n) is 11.8. The van der Waals surface area contributed by atoms with E-state index in [-0.39, 0.29) is 11.4 Å². The number of halogens is 1. The van der Waals surface area contributed by atoms with Crippen molar-refractivity contribution in [3.63, 3.8) is 0 Å². The highest BCUT2D eigenvalue weighted by Crippen LogP contribution is 2.23. The van der Waals surface area contributed by atoms with E-state index < -0.39 is 0 Å². The smallest absolute Gasteiger partial charge is 0.128 e. The lowest BCUT2D eigenvalue weighted by molar-refractivity contribution is 0.171. The fourth-order valence-electron chi connectivity index (χ4n) is 2.02. The minimum absolute atomic E-state index is 0.0350. The molecule has 2 rings (SSSR count). The molecule has 0 amide bonds. The quantitative estimate of drug-likeness (QED) is 0.808. The summed E-state index contributed by atoms with van der Waals surface area (Å²) in [5.41, 5.74) is 1.70. The molecule has 0 spiro atoms. The molecule has 1 aromatic carbocycles.